The molecule has 0 bridgehead atoms. The van der Waals surface area contributed by atoms with E-state index in [0.717, 1.165) is 19.3 Å². The molecule has 156 valence electrons. The summed E-state index contributed by atoms with van der Waals surface area (Å²) < 4.78 is 15.8. The summed E-state index contributed by atoms with van der Waals surface area (Å²) >= 11 is 0. The van der Waals surface area contributed by atoms with E-state index in [1.54, 1.807) is 20.8 Å². The maximum absolute atomic E-state index is 11.6. The third kappa shape index (κ3) is 20.1. The number of nitrogens with one attached hydrogen (secondary N) is 2. The fourth-order valence-corrected chi connectivity index (χ4v) is 1.90. The molecule has 2 amide bonds. The molecule has 0 aliphatic heterocycles. The van der Waals surface area contributed by atoms with Gasteiger partial charge >= 0.3 is 6.09 Å². The fraction of sp³-hybridized carbons (Fsp3) is 0.882. The average molecular weight is 387 g/mol. The van der Waals surface area contributed by atoms with Gasteiger partial charge in [-0.05, 0) is 39.1 Å². The molecule has 0 radical (unpaired) electrons. The summed E-state index contributed by atoms with van der Waals surface area (Å²) in [4.78, 5) is 25.6. The molecule has 10 nitrogen and oxygen atoms in total. The second-order valence-corrected chi connectivity index (χ2v) is 6.77. The minimum Gasteiger partial charge on any atom is -0.444 e. The molecule has 2 N–H and O–H groups in total. The summed E-state index contributed by atoms with van der Waals surface area (Å²) in [6.07, 6.45) is 2.44. The number of ether oxygens (including phenoxy) is 3. The Morgan fingerprint density at radius 1 is 0.963 bits per heavy atom. The van der Waals surface area contributed by atoms with Crippen LogP contribution in [-0.4, -0.2) is 63.7 Å². The molecule has 10 heteroatoms. The zero-order chi connectivity index (χ0) is 20.4. The van der Waals surface area contributed by atoms with Gasteiger partial charge in [0.25, 0.3) is 0 Å². The van der Waals surface area contributed by atoms with Crippen LogP contribution in [0.25, 0.3) is 10.4 Å². The largest absolute Gasteiger partial charge is 0.444 e. The second-order valence-electron chi connectivity index (χ2n) is 6.77. The molecule has 0 aromatic heterocycles. The highest BCUT2D eigenvalue weighted by molar-refractivity contribution is 5.75. The van der Waals surface area contributed by atoms with Crippen molar-refractivity contribution in [3.05, 3.63) is 10.4 Å². The normalized spacial score (nSPS) is 10.8. The Bertz CT molecular complexity index is 461. The molecular weight excluding hydrogens is 354 g/mol. The number of carbonyl (C=O) groups is 2. The highest BCUT2D eigenvalue weighted by Crippen LogP contribution is 2.06. The molecule has 0 atom stereocenters. The van der Waals surface area contributed by atoms with Gasteiger partial charge < -0.3 is 24.8 Å². The maximum atomic E-state index is 11.6. The predicted octanol–water partition coefficient (Wildman–Crippen LogP) is 2.53. The Labute approximate surface area is 160 Å². The Kier molecular flexibility index (Phi) is 15.0. The number of hydrogen-bond acceptors (Lipinski definition) is 6. The van der Waals surface area contributed by atoms with E-state index in [4.69, 9.17) is 19.7 Å². The number of amides is 2. The lowest BCUT2D eigenvalue weighted by molar-refractivity contribution is -0.121. The van der Waals surface area contributed by atoms with Crippen LogP contribution < -0.4 is 10.6 Å². The van der Waals surface area contributed by atoms with E-state index >= 15 is 0 Å². The third-order valence-corrected chi connectivity index (χ3v) is 3.08. The molecule has 0 heterocycles. The standard InChI is InChI=1S/C17H33N5O5/c1-17(2,3)27-16(24)20-10-12-26-14-13-25-11-9-19-15(23)7-5-4-6-8-21-22-18/h4-14H2,1-3H3,(H,19,23)(H,20,24). The lowest BCUT2D eigenvalue weighted by Gasteiger charge is -2.19. The molecule has 0 fully saturated rings. The topological polar surface area (TPSA) is 135 Å². The van der Waals surface area contributed by atoms with Gasteiger partial charge in [-0.25, -0.2) is 4.79 Å². The van der Waals surface area contributed by atoms with Crippen LogP contribution in [0.15, 0.2) is 5.11 Å². The zero-order valence-electron chi connectivity index (χ0n) is 16.7. The first kappa shape index (κ1) is 25.0. The molecule has 0 aromatic carbocycles. The molecule has 0 saturated carbocycles. The van der Waals surface area contributed by atoms with Crippen molar-refractivity contribution in [3.8, 4) is 0 Å². The highest BCUT2D eigenvalue weighted by atomic mass is 16.6. The molecule has 0 aromatic rings. The Balaban J connectivity index is 3.31. The van der Waals surface area contributed by atoms with Crippen molar-refractivity contribution < 1.29 is 23.8 Å². The minimum atomic E-state index is -0.513. The average Bonchev–Trinajstić information content (AvgIpc) is 2.58. The van der Waals surface area contributed by atoms with Crippen molar-refractivity contribution in [1.82, 2.24) is 10.6 Å². The van der Waals surface area contributed by atoms with Gasteiger partial charge in [0.15, 0.2) is 0 Å². The van der Waals surface area contributed by atoms with E-state index in [1.807, 2.05) is 0 Å². The smallest absolute Gasteiger partial charge is 0.407 e. The van der Waals surface area contributed by atoms with E-state index in [1.165, 1.54) is 0 Å². The molecule has 0 rings (SSSR count). The SMILES string of the molecule is CC(C)(C)OC(=O)NCCOCCOCCNC(=O)CCCCCN=[N+]=[N-]. The van der Waals surface area contributed by atoms with Crippen molar-refractivity contribution >= 4 is 12.0 Å². The molecule has 0 saturated heterocycles. The van der Waals surface area contributed by atoms with Crippen LogP contribution in [0.5, 0.6) is 0 Å². The van der Waals surface area contributed by atoms with Crippen LogP contribution >= 0.6 is 0 Å². The molecule has 0 unspecified atom stereocenters. The van der Waals surface area contributed by atoms with Gasteiger partial charge in [0, 0.05) is 31.0 Å². The van der Waals surface area contributed by atoms with E-state index in [2.05, 4.69) is 20.7 Å². The van der Waals surface area contributed by atoms with Gasteiger partial charge in [0.1, 0.15) is 5.60 Å². The van der Waals surface area contributed by atoms with Crippen LogP contribution in [0, 0.1) is 0 Å². The van der Waals surface area contributed by atoms with Crippen molar-refractivity contribution in [1.29, 1.82) is 0 Å². The molecule has 0 spiro atoms. The van der Waals surface area contributed by atoms with Gasteiger partial charge in [-0.2, -0.15) is 0 Å². The number of rotatable bonds is 15. The summed E-state index contributed by atoms with van der Waals surface area (Å²) in [7, 11) is 0. The lowest BCUT2D eigenvalue weighted by Crippen LogP contribution is -2.34. The first-order chi connectivity index (χ1) is 12.8. The minimum absolute atomic E-state index is 0.00754. The summed E-state index contributed by atoms with van der Waals surface area (Å²) in [5, 5.41) is 8.82. The Morgan fingerprint density at radius 3 is 2.19 bits per heavy atom. The number of alkyl carbamates (subject to hydrolysis) is 1. The Hall–Kier alpha value is -2.03. The second kappa shape index (κ2) is 16.2. The van der Waals surface area contributed by atoms with Crippen LogP contribution in [0.1, 0.15) is 46.5 Å². The zero-order valence-corrected chi connectivity index (χ0v) is 16.7. The summed E-state index contributed by atoms with van der Waals surface area (Å²) in [5.74, 6) is -0.00754. The van der Waals surface area contributed by atoms with Crippen molar-refractivity contribution in [2.45, 2.75) is 52.1 Å². The van der Waals surface area contributed by atoms with E-state index in [-0.39, 0.29) is 5.91 Å². The summed E-state index contributed by atoms with van der Waals surface area (Å²) in [5.41, 5.74) is 7.62. The monoisotopic (exact) mass is 387 g/mol. The summed E-state index contributed by atoms with van der Waals surface area (Å²) in [6.45, 7) is 8.33. The predicted molar refractivity (Wildman–Crippen MR) is 101 cm³/mol. The quantitative estimate of drug-likeness (QED) is 0.193. The van der Waals surface area contributed by atoms with Gasteiger partial charge in [0.2, 0.25) is 5.91 Å². The number of azide groups is 1. The number of unbranched alkanes of at least 4 members (excludes halogenated alkanes) is 2. The Morgan fingerprint density at radius 2 is 1.59 bits per heavy atom. The fourth-order valence-electron chi connectivity index (χ4n) is 1.90. The van der Waals surface area contributed by atoms with E-state index in [9.17, 15) is 9.59 Å². The van der Waals surface area contributed by atoms with Gasteiger partial charge in [-0.15, -0.1) is 0 Å². The number of nitrogens with zero attached hydrogens (tertiary/aromatic N) is 3. The van der Waals surface area contributed by atoms with Gasteiger partial charge in [-0.3, -0.25) is 4.79 Å². The molecular formula is C17H33N5O5. The summed E-state index contributed by atoms with van der Waals surface area (Å²) in [6, 6.07) is 0. The van der Waals surface area contributed by atoms with E-state index < -0.39 is 11.7 Å². The molecule has 27 heavy (non-hydrogen) atoms. The maximum Gasteiger partial charge on any atom is 0.407 e. The molecule has 0 aliphatic rings. The number of carbonyl (C=O) groups excluding carboxylic acids is 2. The first-order valence-electron chi connectivity index (χ1n) is 9.25. The third-order valence-electron chi connectivity index (χ3n) is 3.08. The van der Waals surface area contributed by atoms with Gasteiger partial charge in [-0.1, -0.05) is 11.5 Å². The van der Waals surface area contributed by atoms with Crippen LogP contribution in [0.3, 0.4) is 0 Å². The lowest BCUT2D eigenvalue weighted by atomic mass is 10.2. The van der Waals surface area contributed by atoms with Crippen LogP contribution in [-0.2, 0) is 19.0 Å². The number of hydrogen-bond donors (Lipinski definition) is 2. The van der Waals surface area contributed by atoms with Crippen molar-refractivity contribution in [2.24, 2.45) is 5.11 Å². The van der Waals surface area contributed by atoms with E-state index in [0.29, 0.717) is 52.5 Å². The molecule has 0 aliphatic carbocycles. The van der Waals surface area contributed by atoms with Crippen LogP contribution in [0.2, 0.25) is 0 Å². The van der Waals surface area contributed by atoms with Gasteiger partial charge in [0.05, 0.1) is 26.4 Å². The van der Waals surface area contributed by atoms with Crippen molar-refractivity contribution in [3.63, 3.8) is 0 Å². The van der Waals surface area contributed by atoms with Crippen LogP contribution in [0.4, 0.5) is 4.79 Å². The first-order valence-corrected chi connectivity index (χ1v) is 9.25. The highest BCUT2D eigenvalue weighted by Gasteiger charge is 2.15. The van der Waals surface area contributed by atoms with Crippen molar-refractivity contribution in [2.75, 3.05) is 46.1 Å².